The Morgan fingerprint density at radius 1 is 1.45 bits per heavy atom. The van der Waals surface area contributed by atoms with Crippen molar-refractivity contribution in [3.63, 3.8) is 0 Å². The smallest absolute Gasteiger partial charge is 0.330 e. The fraction of sp³-hybridized carbons (Fsp3) is 0.286. The molecule has 0 radical (unpaired) electrons. The Balaban J connectivity index is 3.04. The lowest BCUT2D eigenvalue weighted by Gasteiger charge is -2.01. The van der Waals surface area contributed by atoms with Gasteiger partial charge in [-0.3, -0.25) is 4.79 Å². The van der Waals surface area contributed by atoms with Gasteiger partial charge in [-0.2, -0.15) is 0 Å². The quantitative estimate of drug-likeness (QED) is 0.574. The van der Waals surface area contributed by atoms with Gasteiger partial charge in [-0.05, 0) is 19.4 Å². The molecule has 0 aromatic carbocycles. The van der Waals surface area contributed by atoms with E-state index < -0.39 is 5.91 Å². The summed E-state index contributed by atoms with van der Waals surface area (Å²) in [5, 5.41) is 15.7. The largest absolute Gasteiger partial charge is 0.503 e. The molecule has 0 aromatic heterocycles. The zero-order chi connectivity index (χ0) is 8.43. The van der Waals surface area contributed by atoms with Crippen molar-refractivity contribution in [1.29, 1.82) is 0 Å². The fourth-order valence-corrected chi connectivity index (χ4v) is 0.615. The van der Waals surface area contributed by atoms with Gasteiger partial charge in [0.05, 0.1) is 5.70 Å². The molecular formula is C7H8N2O2. The van der Waals surface area contributed by atoms with E-state index in [9.17, 15) is 4.79 Å². The van der Waals surface area contributed by atoms with Crippen LogP contribution in [0.3, 0.4) is 0 Å². The Morgan fingerprint density at radius 2 is 2.09 bits per heavy atom. The van der Waals surface area contributed by atoms with Crippen LogP contribution in [0.15, 0.2) is 33.3 Å². The van der Waals surface area contributed by atoms with E-state index in [1.807, 2.05) is 13.8 Å². The zero-order valence-corrected chi connectivity index (χ0v) is 6.33. The minimum atomic E-state index is -0.685. The molecule has 0 saturated heterocycles. The topological polar surface area (TPSA) is 62.0 Å². The zero-order valence-electron chi connectivity index (χ0n) is 6.33. The Bertz CT molecular complexity index is 283. The van der Waals surface area contributed by atoms with E-state index in [1.165, 1.54) is 6.08 Å². The van der Waals surface area contributed by atoms with Crippen LogP contribution in [0, 0.1) is 0 Å². The number of hydrogen-bond donors (Lipinski definition) is 1. The lowest BCUT2D eigenvalue weighted by atomic mass is 10.2. The first kappa shape index (κ1) is 7.65. The number of carbonyl (C=O) groups excluding carboxylic acids is 1. The highest BCUT2D eigenvalue weighted by Gasteiger charge is 2.12. The summed E-state index contributed by atoms with van der Waals surface area (Å²) in [6.07, 6.45) is 1.31. The summed E-state index contributed by atoms with van der Waals surface area (Å²) in [5.74, 6) is -1.04. The van der Waals surface area contributed by atoms with E-state index >= 15 is 0 Å². The molecule has 1 aliphatic heterocycles. The van der Waals surface area contributed by atoms with Crippen LogP contribution in [0.25, 0.3) is 0 Å². The maximum atomic E-state index is 10.6. The summed E-state index contributed by atoms with van der Waals surface area (Å²) in [6, 6.07) is 0. The van der Waals surface area contributed by atoms with E-state index in [0.717, 1.165) is 5.57 Å². The molecule has 0 unspecified atom stereocenters. The first-order chi connectivity index (χ1) is 5.11. The van der Waals surface area contributed by atoms with Crippen LogP contribution in [0.2, 0.25) is 0 Å². The van der Waals surface area contributed by atoms with E-state index in [2.05, 4.69) is 10.2 Å². The molecule has 0 atom stereocenters. The minimum Gasteiger partial charge on any atom is -0.503 e. The first-order valence-corrected chi connectivity index (χ1v) is 3.15. The van der Waals surface area contributed by atoms with Gasteiger partial charge in [-0.25, -0.2) is 0 Å². The average Bonchev–Trinajstić information content (AvgIpc) is 1.94. The van der Waals surface area contributed by atoms with Gasteiger partial charge < -0.3 is 5.11 Å². The second-order valence-corrected chi connectivity index (χ2v) is 2.42. The van der Waals surface area contributed by atoms with Crippen molar-refractivity contribution < 1.29 is 9.90 Å². The predicted molar refractivity (Wildman–Crippen MR) is 38.9 cm³/mol. The van der Waals surface area contributed by atoms with Gasteiger partial charge in [-0.1, -0.05) is 0 Å². The Kier molecular flexibility index (Phi) is 1.85. The molecule has 0 aliphatic carbocycles. The monoisotopic (exact) mass is 152 g/mol. The summed E-state index contributed by atoms with van der Waals surface area (Å²) in [4.78, 5) is 10.6. The highest BCUT2D eigenvalue weighted by Crippen LogP contribution is 2.14. The molecule has 0 bridgehead atoms. The maximum Gasteiger partial charge on any atom is 0.330 e. The number of hydrogen-bond acceptors (Lipinski definition) is 3. The number of aliphatic hydroxyl groups excluding tert-OH is 1. The van der Waals surface area contributed by atoms with Crippen LogP contribution in [0.4, 0.5) is 0 Å². The molecule has 4 nitrogen and oxygen atoms in total. The van der Waals surface area contributed by atoms with Gasteiger partial charge >= 0.3 is 5.91 Å². The number of azo groups is 1. The highest BCUT2D eigenvalue weighted by atomic mass is 16.3. The van der Waals surface area contributed by atoms with E-state index in [1.54, 1.807) is 0 Å². The number of rotatable bonds is 0. The van der Waals surface area contributed by atoms with Crippen LogP contribution in [0.5, 0.6) is 0 Å². The van der Waals surface area contributed by atoms with Crippen LogP contribution in [-0.2, 0) is 4.79 Å². The number of nitrogens with zero attached hydrogens (tertiary/aromatic N) is 2. The number of allylic oxidation sites excluding steroid dienone is 2. The van der Waals surface area contributed by atoms with Crippen LogP contribution in [0.1, 0.15) is 13.8 Å². The molecule has 1 N–H and O–H groups in total. The van der Waals surface area contributed by atoms with Gasteiger partial charge in [-0.15, -0.1) is 10.2 Å². The van der Waals surface area contributed by atoms with Crippen molar-refractivity contribution in [3.05, 3.63) is 23.1 Å². The second kappa shape index (κ2) is 2.65. The van der Waals surface area contributed by atoms with Crippen molar-refractivity contribution in [2.45, 2.75) is 13.8 Å². The van der Waals surface area contributed by atoms with Crippen LogP contribution in [-0.4, -0.2) is 11.0 Å². The highest BCUT2D eigenvalue weighted by molar-refractivity contribution is 5.92. The third-order valence-corrected chi connectivity index (χ3v) is 1.25. The molecule has 0 aromatic rings. The second-order valence-electron chi connectivity index (χ2n) is 2.42. The molecule has 1 heterocycles. The van der Waals surface area contributed by atoms with Gasteiger partial charge in [0.25, 0.3) is 0 Å². The van der Waals surface area contributed by atoms with Gasteiger partial charge in [0, 0.05) is 6.08 Å². The molecular weight excluding hydrogens is 144 g/mol. The Morgan fingerprint density at radius 3 is 2.55 bits per heavy atom. The number of aliphatic hydroxyl groups is 1. The molecule has 1 aliphatic rings. The molecule has 0 fully saturated rings. The molecule has 4 heteroatoms. The van der Waals surface area contributed by atoms with Crippen molar-refractivity contribution in [2.24, 2.45) is 10.2 Å². The standard InChI is InChI=1S/C7H8N2O2/c1-4(2)5-3-6(10)7(11)9-8-5/h3,10H,1-2H3. The SMILES string of the molecule is CC(C)=C1C=C(O)C(=O)N=N1. The van der Waals surface area contributed by atoms with Crippen molar-refractivity contribution in [2.75, 3.05) is 0 Å². The van der Waals surface area contributed by atoms with Gasteiger partial charge in [0.2, 0.25) is 0 Å². The first-order valence-electron chi connectivity index (χ1n) is 3.15. The fourth-order valence-electron chi connectivity index (χ4n) is 0.615. The predicted octanol–water partition coefficient (Wildman–Crippen LogP) is 1.71. The third-order valence-electron chi connectivity index (χ3n) is 1.25. The lowest BCUT2D eigenvalue weighted by Crippen LogP contribution is -2.01. The molecule has 0 spiro atoms. The molecule has 1 amide bonds. The van der Waals surface area contributed by atoms with Crippen LogP contribution < -0.4 is 0 Å². The molecule has 1 rings (SSSR count). The summed E-state index contributed by atoms with van der Waals surface area (Å²) in [5.41, 5.74) is 1.45. The van der Waals surface area contributed by atoms with Crippen molar-refractivity contribution in [1.82, 2.24) is 0 Å². The van der Waals surface area contributed by atoms with Crippen LogP contribution >= 0.6 is 0 Å². The molecule has 0 saturated carbocycles. The summed E-state index contributed by atoms with van der Waals surface area (Å²) < 4.78 is 0. The number of carbonyl (C=O) groups is 1. The molecule has 58 valence electrons. The Hall–Kier alpha value is -1.45. The maximum absolute atomic E-state index is 10.6. The summed E-state index contributed by atoms with van der Waals surface area (Å²) >= 11 is 0. The van der Waals surface area contributed by atoms with Crippen molar-refractivity contribution >= 4 is 5.91 Å². The number of amides is 1. The van der Waals surface area contributed by atoms with E-state index in [-0.39, 0.29) is 5.76 Å². The average molecular weight is 152 g/mol. The van der Waals surface area contributed by atoms with E-state index in [0.29, 0.717) is 5.70 Å². The van der Waals surface area contributed by atoms with Gasteiger partial charge in [0.1, 0.15) is 0 Å². The normalized spacial score (nSPS) is 16.7. The Labute approximate surface area is 63.9 Å². The van der Waals surface area contributed by atoms with Crippen molar-refractivity contribution in [3.8, 4) is 0 Å². The third kappa shape index (κ3) is 1.52. The molecule has 11 heavy (non-hydrogen) atoms. The van der Waals surface area contributed by atoms with E-state index in [4.69, 9.17) is 5.11 Å². The lowest BCUT2D eigenvalue weighted by molar-refractivity contribution is -0.117. The summed E-state index contributed by atoms with van der Waals surface area (Å²) in [6.45, 7) is 3.65. The van der Waals surface area contributed by atoms with Gasteiger partial charge in [0.15, 0.2) is 5.76 Å². The minimum absolute atomic E-state index is 0.351. The summed E-state index contributed by atoms with van der Waals surface area (Å²) in [7, 11) is 0.